The Labute approximate surface area is 123 Å². The fourth-order valence-corrected chi connectivity index (χ4v) is 3.91. The molecule has 0 heterocycles. The summed E-state index contributed by atoms with van der Waals surface area (Å²) < 4.78 is 25.3. The van der Waals surface area contributed by atoms with Crippen LogP contribution in [0.1, 0.15) is 15.9 Å². The molecule has 21 heavy (non-hydrogen) atoms. The average Bonchev–Trinajstić information content (AvgIpc) is 2.46. The Kier molecular flexibility index (Phi) is 4.28. The molecule has 2 aromatic rings. The zero-order valence-electron chi connectivity index (χ0n) is 11.5. The summed E-state index contributed by atoms with van der Waals surface area (Å²) in [6.45, 7) is 0. The van der Waals surface area contributed by atoms with Crippen LogP contribution in [-0.4, -0.2) is 21.4 Å². The molecule has 110 valence electrons. The number of primary amides is 1. The summed E-state index contributed by atoms with van der Waals surface area (Å²) in [6, 6.07) is 13.4. The fourth-order valence-electron chi connectivity index (χ4n) is 2.13. The van der Waals surface area contributed by atoms with Crippen molar-refractivity contribution in [3.63, 3.8) is 0 Å². The predicted molar refractivity (Wildman–Crippen MR) is 81.8 cm³/mol. The Bertz CT molecular complexity index is 756. The summed E-state index contributed by atoms with van der Waals surface area (Å²) in [7, 11) is -2.10. The SMILES string of the molecule is CNc1cccc(C(N)=O)c1S(=O)(=O)Cc1ccccc1. The fraction of sp³-hybridized carbons (Fsp3) is 0.133. The molecule has 0 saturated heterocycles. The van der Waals surface area contributed by atoms with Gasteiger partial charge in [-0.2, -0.15) is 0 Å². The number of nitrogens with two attached hydrogens (primary N) is 1. The first-order chi connectivity index (χ1) is 9.95. The second kappa shape index (κ2) is 5.97. The molecule has 0 radical (unpaired) electrons. The molecule has 0 spiro atoms. The summed E-state index contributed by atoms with van der Waals surface area (Å²) in [5.41, 5.74) is 6.31. The quantitative estimate of drug-likeness (QED) is 0.881. The van der Waals surface area contributed by atoms with E-state index >= 15 is 0 Å². The molecule has 6 heteroatoms. The Morgan fingerprint density at radius 1 is 1.10 bits per heavy atom. The Hall–Kier alpha value is -2.34. The maximum Gasteiger partial charge on any atom is 0.250 e. The average molecular weight is 304 g/mol. The highest BCUT2D eigenvalue weighted by Crippen LogP contribution is 2.28. The maximum absolute atomic E-state index is 12.7. The molecule has 0 aliphatic heterocycles. The van der Waals surface area contributed by atoms with Gasteiger partial charge in [0, 0.05) is 7.05 Å². The van der Waals surface area contributed by atoms with E-state index in [0.717, 1.165) is 0 Å². The van der Waals surface area contributed by atoms with E-state index in [1.54, 1.807) is 43.4 Å². The highest BCUT2D eigenvalue weighted by atomic mass is 32.2. The molecule has 0 saturated carbocycles. The van der Waals surface area contributed by atoms with Crippen LogP contribution in [0.3, 0.4) is 0 Å². The number of carbonyl (C=O) groups excluding carboxylic acids is 1. The van der Waals surface area contributed by atoms with Gasteiger partial charge in [-0.25, -0.2) is 8.42 Å². The van der Waals surface area contributed by atoms with Crippen molar-refractivity contribution in [1.29, 1.82) is 0 Å². The number of carbonyl (C=O) groups is 1. The molecular weight excluding hydrogens is 288 g/mol. The van der Waals surface area contributed by atoms with Gasteiger partial charge in [0.15, 0.2) is 9.84 Å². The molecule has 3 N–H and O–H groups in total. The monoisotopic (exact) mass is 304 g/mol. The predicted octanol–water partition coefficient (Wildman–Crippen LogP) is 1.80. The van der Waals surface area contributed by atoms with Gasteiger partial charge in [-0.1, -0.05) is 36.4 Å². The van der Waals surface area contributed by atoms with Gasteiger partial charge in [0.25, 0.3) is 0 Å². The molecule has 0 atom stereocenters. The van der Waals surface area contributed by atoms with Gasteiger partial charge in [0.1, 0.15) is 4.90 Å². The number of nitrogens with one attached hydrogen (secondary N) is 1. The van der Waals surface area contributed by atoms with Gasteiger partial charge in [-0.3, -0.25) is 4.79 Å². The van der Waals surface area contributed by atoms with Crippen LogP contribution in [0.15, 0.2) is 53.4 Å². The topological polar surface area (TPSA) is 89.3 Å². The Morgan fingerprint density at radius 2 is 1.76 bits per heavy atom. The first kappa shape index (κ1) is 15.1. The van der Waals surface area contributed by atoms with Gasteiger partial charge < -0.3 is 11.1 Å². The molecular formula is C15H16N2O3S. The van der Waals surface area contributed by atoms with Crippen molar-refractivity contribution >= 4 is 21.4 Å². The van der Waals surface area contributed by atoms with Gasteiger partial charge in [-0.15, -0.1) is 0 Å². The van der Waals surface area contributed by atoms with Crippen molar-refractivity contribution in [2.45, 2.75) is 10.6 Å². The number of hydrogen-bond donors (Lipinski definition) is 2. The van der Waals surface area contributed by atoms with E-state index < -0.39 is 15.7 Å². The van der Waals surface area contributed by atoms with E-state index in [-0.39, 0.29) is 16.2 Å². The molecule has 2 aromatic carbocycles. The Balaban J connectivity index is 2.56. The van der Waals surface area contributed by atoms with Gasteiger partial charge in [-0.05, 0) is 17.7 Å². The first-order valence-corrected chi connectivity index (χ1v) is 7.98. The molecule has 2 rings (SSSR count). The summed E-state index contributed by atoms with van der Waals surface area (Å²) in [4.78, 5) is 11.5. The van der Waals surface area contributed by atoms with E-state index in [2.05, 4.69) is 5.32 Å². The zero-order chi connectivity index (χ0) is 15.5. The number of sulfone groups is 1. The van der Waals surface area contributed by atoms with E-state index in [4.69, 9.17) is 5.73 Å². The lowest BCUT2D eigenvalue weighted by molar-refractivity contribution is 0.0997. The lowest BCUT2D eigenvalue weighted by atomic mass is 10.2. The van der Waals surface area contributed by atoms with Crippen molar-refractivity contribution in [1.82, 2.24) is 0 Å². The Morgan fingerprint density at radius 3 is 2.33 bits per heavy atom. The summed E-state index contributed by atoms with van der Waals surface area (Å²) >= 11 is 0. The standard InChI is InChI=1S/C15H16N2O3S/c1-17-13-9-5-8-12(15(16)18)14(13)21(19,20)10-11-6-3-2-4-7-11/h2-9,17H,10H2,1H3,(H2,16,18). The van der Waals surface area contributed by atoms with Crippen LogP contribution < -0.4 is 11.1 Å². The van der Waals surface area contributed by atoms with Crippen molar-refractivity contribution < 1.29 is 13.2 Å². The molecule has 0 aliphatic rings. The molecule has 0 aromatic heterocycles. The smallest absolute Gasteiger partial charge is 0.250 e. The second-order valence-corrected chi connectivity index (χ2v) is 6.47. The third kappa shape index (κ3) is 3.22. The van der Waals surface area contributed by atoms with Crippen molar-refractivity contribution in [2.24, 2.45) is 5.73 Å². The normalized spacial score (nSPS) is 11.1. The van der Waals surface area contributed by atoms with Crippen LogP contribution in [0, 0.1) is 0 Å². The highest BCUT2D eigenvalue weighted by molar-refractivity contribution is 7.91. The molecule has 0 fully saturated rings. The van der Waals surface area contributed by atoms with Crippen molar-refractivity contribution in [2.75, 3.05) is 12.4 Å². The van der Waals surface area contributed by atoms with E-state index in [9.17, 15) is 13.2 Å². The minimum Gasteiger partial charge on any atom is -0.387 e. The minimum absolute atomic E-state index is 0.00205. The van der Waals surface area contributed by atoms with E-state index in [1.165, 1.54) is 6.07 Å². The maximum atomic E-state index is 12.7. The minimum atomic E-state index is -3.70. The van der Waals surface area contributed by atoms with E-state index in [0.29, 0.717) is 11.3 Å². The van der Waals surface area contributed by atoms with Crippen molar-refractivity contribution in [3.05, 3.63) is 59.7 Å². The summed E-state index contributed by atoms with van der Waals surface area (Å²) in [6.07, 6.45) is 0. The third-order valence-electron chi connectivity index (χ3n) is 3.06. The zero-order valence-corrected chi connectivity index (χ0v) is 12.4. The first-order valence-electron chi connectivity index (χ1n) is 6.33. The molecule has 0 unspecified atom stereocenters. The number of anilines is 1. The summed E-state index contributed by atoms with van der Waals surface area (Å²) in [5, 5.41) is 2.80. The van der Waals surface area contributed by atoms with Crippen LogP contribution in [0.5, 0.6) is 0 Å². The van der Waals surface area contributed by atoms with Crippen LogP contribution in [0.2, 0.25) is 0 Å². The largest absolute Gasteiger partial charge is 0.387 e. The third-order valence-corrected chi connectivity index (χ3v) is 4.84. The number of hydrogen-bond acceptors (Lipinski definition) is 4. The van der Waals surface area contributed by atoms with Crippen molar-refractivity contribution in [3.8, 4) is 0 Å². The van der Waals surface area contributed by atoms with Crippen LogP contribution in [0.25, 0.3) is 0 Å². The van der Waals surface area contributed by atoms with Crippen LogP contribution in [-0.2, 0) is 15.6 Å². The summed E-state index contributed by atoms with van der Waals surface area (Å²) in [5.74, 6) is -0.953. The molecule has 0 aliphatic carbocycles. The molecule has 5 nitrogen and oxygen atoms in total. The lowest BCUT2D eigenvalue weighted by Crippen LogP contribution is -2.18. The van der Waals surface area contributed by atoms with Gasteiger partial charge in [0.05, 0.1) is 17.0 Å². The van der Waals surface area contributed by atoms with Gasteiger partial charge in [0.2, 0.25) is 5.91 Å². The number of benzene rings is 2. The van der Waals surface area contributed by atoms with E-state index in [1.807, 2.05) is 6.07 Å². The van der Waals surface area contributed by atoms with Crippen LogP contribution >= 0.6 is 0 Å². The van der Waals surface area contributed by atoms with Gasteiger partial charge >= 0.3 is 0 Å². The lowest BCUT2D eigenvalue weighted by Gasteiger charge is -2.13. The number of amides is 1. The second-order valence-electron chi connectivity index (χ2n) is 4.54. The van der Waals surface area contributed by atoms with Crippen LogP contribution in [0.4, 0.5) is 5.69 Å². The highest BCUT2D eigenvalue weighted by Gasteiger charge is 2.25. The molecule has 0 bridgehead atoms. The molecule has 1 amide bonds. The number of rotatable bonds is 5.